The number of hydrogen-bond acceptors (Lipinski definition) is 4. The molecule has 1 aliphatic heterocycles. The lowest BCUT2D eigenvalue weighted by Gasteiger charge is -2.20. The van der Waals surface area contributed by atoms with E-state index in [0.717, 1.165) is 10.4 Å². The molecular formula is C9H8N3OS. The van der Waals surface area contributed by atoms with Gasteiger partial charge in [0.25, 0.3) is 0 Å². The maximum Gasteiger partial charge on any atom is 0.226 e. The number of nitriles is 1. The molecule has 4 nitrogen and oxygen atoms in total. The molecule has 1 unspecified atom stereocenters. The fourth-order valence-corrected chi connectivity index (χ4v) is 2.53. The second kappa shape index (κ2) is 3.40. The van der Waals surface area contributed by atoms with Crippen LogP contribution in [0, 0.1) is 16.7 Å². The van der Waals surface area contributed by atoms with Gasteiger partial charge in [-0.15, -0.1) is 11.3 Å². The predicted octanol–water partition coefficient (Wildman–Crippen LogP) is 0.0921. The summed E-state index contributed by atoms with van der Waals surface area (Å²) < 4.78 is 0. The first-order valence-electron chi connectivity index (χ1n) is 4.17. The summed E-state index contributed by atoms with van der Waals surface area (Å²) in [6, 6.07) is 2.04. The highest BCUT2D eigenvalue weighted by Crippen LogP contribution is 2.31. The van der Waals surface area contributed by atoms with E-state index >= 15 is 0 Å². The number of thiophene rings is 1. The maximum atomic E-state index is 11.1. The molecule has 1 aromatic heterocycles. The zero-order valence-electron chi connectivity index (χ0n) is 7.33. The van der Waals surface area contributed by atoms with Gasteiger partial charge in [-0.25, -0.2) is 0 Å². The highest BCUT2D eigenvalue weighted by atomic mass is 32.1. The number of amides is 1. The van der Waals surface area contributed by atoms with Gasteiger partial charge >= 0.3 is 0 Å². The average Bonchev–Trinajstić information content (AvgIpc) is 2.59. The molecule has 1 radical (unpaired) electrons. The Hall–Kier alpha value is -1.38. The van der Waals surface area contributed by atoms with E-state index in [9.17, 15) is 4.79 Å². The van der Waals surface area contributed by atoms with Gasteiger partial charge in [0.15, 0.2) is 0 Å². The van der Waals surface area contributed by atoms with Crippen LogP contribution < -0.4 is 11.1 Å². The molecular weight excluding hydrogens is 198 g/mol. The van der Waals surface area contributed by atoms with Crippen LogP contribution in [0.25, 0.3) is 0 Å². The molecule has 2 rings (SSSR count). The standard InChI is InChI=1S/C9H8N3OS/c10-1-5-4-14-7-3-12-2-6(8(5)7)9(11)13/h6,12H,2-3H2,(H2,11,13). The summed E-state index contributed by atoms with van der Waals surface area (Å²) in [5.74, 6) is -0.766. The summed E-state index contributed by atoms with van der Waals surface area (Å²) in [6.07, 6.45) is 0. The van der Waals surface area contributed by atoms with Crippen LogP contribution in [-0.2, 0) is 11.3 Å². The fourth-order valence-electron chi connectivity index (χ4n) is 1.62. The van der Waals surface area contributed by atoms with Crippen molar-refractivity contribution in [1.29, 1.82) is 5.26 Å². The molecule has 0 saturated carbocycles. The second-order valence-electron chi connectivity index (χ2n) is 3.11. The lowest BCUT2D eigenvalue weighted by atomic mass is 9.93. The molecule has 0 saturated heterocycles. The predicted molar refractivity (Wildman–Crippen MR) is 51.5 cm³/mol. The molecule has 0 aromatic carbocycles. The molecule has 14 heavy (non-hydrogen) atoms. The number of rotatable bonds is 1. The van der Waals surface area contributed by atoms with Gasteiger partial charge in [-0.2, -0.15) is 5.26 Å². The van der Waals surface area contributed by atoms with E-state index in [2.05, 4.69) is 10.7 Å². The smallest absolute Gasteiger partial charge is 0.226 e. The van der Waals surface area contributed by atoms with Crippen molar-refractivity contribution in [2.45, 2.75) is 12.5 Å². The minimum Gasteiger partial charge on any atom is -0.369 e. The first-order valence-corrected chi connectivity index (χ1v) is 4.99. The summed E-state index contributed by atoms with van der Waals surface area (Å²) in [7, 11) is 0. The molecule has 1 aromatic rings. The van der Waals surface area contributed by atoms with Crippen LogP contribution in [0.3, 0.4) is 0 Å². The highest BCUT2D eigenvalue weighted by Gasteiger charge is 2.28. The third kappa shape index (κ3) is 1.29. The van der Waals surface area contributed by atoms with Gasteiger partial charge in [-0.3, -0.25) is 4.79 Å². The van der Waals surface area contributed by atoms with Gasteiger partial charge in [-0.1, -0.05) is 0 Å². The molecule has 5 heteroatoms. The van der Waals surface area contributed by atoms with E-state index in [-0.39, 0.29) is 11.8 Å². The van der Waals surface area contributed by atoms with E-state index in [1.165, 1.54) is 11.3 Å². The number of nitrogens with one attached hydrogen (secondary N) is 1. The third-order valence-corrected chi connectivity index (χ3v) is 3.20. The zero-order chi connectivity index (χ0) is 10.1. The number of carbonyl (C=O) groups is 1. The van der Waals surface area contributed by atoms with Crippen molar-refractivity contribution in [1.82, 2.24) is 5.32 Å². The van der Waals surface area contributed by atoms with Crippen molar-refractivity contribution >= 4 is 17.2 Å². The SMILES string of the molecule is N#Cc1[c]sc2c1C(C(N)=O)CNC2. The Bertz CT molecular complexity index is 418. The normalized spacial score (nSPS) is 19.8. The Morgan fingerprint density at radius 3 is 3.21 bits per heavy atom. The molecule has 0 fully saturated rings. The number of primary amides is 1. The van der Waals surface area contributed by atoms with Crippen molar-refractivity contribution in [3.8, 4) is 6.07 Å². The van der Waals surface area contributed by atoms with Crippen LogP contribution in [0.15, 0.2) is 0 Å². The van der Waals surface area contributed by atoms with Gasteiger partial charge in [0, 0.05) is 18.0 Å². The van der Waals surface area contributed by atoms with Crippen LogP contribution in [0.2, 0.25) is 0 Å². The van der Waals surface area contributed by atoms with Crippen LogP contribution in [0.5, 0.6) is 0 Å². The number of hydrogen-bond donors (Lipinski definition) is 2. The summed E-state index contributed by atoms with van der Waals surface area (Å²) in [4.78, 5) is 12.1. The van der Waals surface area contributed by atoms with Gasteiger partial charge in [0.05, 0.1) is 16.9 Å². The molecule has 0 bridgehead atoms. The summed E-state index contributed by atoms with van der Waals surface area (Å²) in [5, 5.41) is 14.8. The Kier molecular flexibility index (Phi) is 2.23. The van der Waals surface area contributed by atoms with Crippen molar-refractivity contribution in [2.24, 2.45) is 5.73 Å². The molecule has 3 N–H and O–H groups in total. The van der Waals surface area contributed by atoms with Gasteiger partial charge in [-0.05, 0) is 5.56 Å². The lowest BCUT2D eigenvalue weighted by Crippen LogP contribution is -2.35. The molecule has 1 atom stereocenters. The van der Waals surface area contributed by atoms with E-state index in [4.69, 9.17) is 11.0 Å². The molecule has 1 aliphatic rings. The van der Waals surface area contributed by atoms with Crippen LogP contribution >= 0.6 is 11.3 Å². The molecule has 0 aliphatic carbocycles. The summed E-state index contributed by atoms with van der Waals surface area (Å²) in [6.45, 7) is 1.21. The lowest BCUT2D eigenvalue weighted by molar-refractivity contribution is -0.119. The van der Waals surface area contributed by atoms with Crippen LogP contribution in [-0.4, -0.2) is 12.5 Å². The topological polar surface area (TPSA) is 78.9 Å². The Labute approximate surface area is 85.3 Å². The van der Waals surface area contributed by atoms with E-state index in [1.54, 1.807) is 0 Å². The largest absolute Gasteiger partial charge is 0.369 e. The summed E-state index contributed by atoms with van der Waals surface area (Å²) in [5.41, 5.74) is 6.52. The van der Waals surface area contributed by atoms with Gasteiger partial charge < -0.3 is 11.1 Å². The Morgan fingerprint density at radius 1 is 1.79 bits per heavy atom. The molecule has 1 amide bonds. The minimum atomic E-state index is -0.387. The average molecular weight is 206 g/mol. The summed E-state index contributed by atoms with van der Waals surface area (Å²) >= 11 is 1.38. The number of nitrogens with zero attached hydrogens (tertiary/aromatic N) is 1. The zero-order valence-corrected chi connectivity index (χ0v) is 8.15. The van der Waals surface area contributed by atoms with Crippen molar-refractivity contribution in [3.05, 3.63) is 21.4 Å². The molecule has 71 valence electrons. The first-order chi connectivity index (χ1) is 6.74. The van der Waals surface area contributed by atoms with Crippen molar-refractivity contribution < 1.29 is 4.79 Å². The Balaban J connectivity index is 2.51. The van der Waals surface area contributed by atoms with Crippen LogP contribution in [0.4, 0.5) is 0 Å². The van der Waals surface area contributed by atoms with E-state index < -0.39 is 0 Å². The molecule has 0 spiro atoms. The van der Waals surface area contributed by atoms with Crippen molar-refractivity contribution in [3.63, 3.8) is 0 Å². The highest BCUT2D eigenvalue weighted by molar-refractivity contribution is 7.09. The maximum absolute atomic E-state index is 11.1. The molecule has 2 heterocycles. The number of fused-ring (bicyclic) bond motifs is 1. The number of carbonyl (C=O) groups excluding carboxylic acids is 1. The van der Waals surface area contributed by atoms with Gasteiger partial charge in [0.2, 0.25) is 5.91 Å². The quantitative estimate of drug-likeness (QED) is 0.683. The fraction of sp³-hybridized carbons (Fsp3) is 0.333. The van der Waals surface area contributed by atoms with E-state index in [1.807, 2.05) is 6.07 Å². The number of nitrogens with two attached hydrogens (primary N) is 1. The van der Waals surface area contributed by atoms with E-state index in [0.29, 0.717) is 18.7 Å². The first kappa shape index (κ1) is 9.19. The second-order valence-corrected chi connectivity index (χ2v) is 4.01. The van der Waals surface area contributed by atoms with Gasteiger partial charge in [0.1, 0.15) is 6.07 Å². The minimum absolute atomic E-state index is 0.379. The monoisotopic (exact) mass is 206 g/mol. The Morgan fingerprint density at radius 2 is 2.57 bits per heavy atom. The van der Waals surface area contributed by atoms with Crippen LogP contribution in [0.1, 0.15) is 21.9 Å². The third-order valence-electron chi connectivity index (χ3n) is 2.28. The van der Waals surface area contributed by atoms with Crippen molar-refractivity contribution in [2.75, 3.05) is 6.54 Å².